The van der Waals surface area contributed by atoms with Crippen molar-refractivity contribution < 1.29 is 4.74 Å². The third kappa shape index (κ3) is 6.26. The van der Waals surface area contributed by atoms with E-state index in [0.717, 1.165) is 16.8 Å². The molecule has 0 aliphatic heterocycles. The molecular formula is C29H30Cl2N8O. The number of halogens is 2. The number of benzene rings is 3. The molecule has 0 bridgehead atoms. The third-order valence-electron chi connectivity index (χ3n) is 6.51. The van der Waals surface area contributed by atoms with Gasteiger partial charge in [0, 0.05) is 15.7 Å². The van der Waals surface area contributed by atoms with Gasteiger partial charge in [0.2, 0.25) is 6.23 Å². The Morgan fingerprint density at radius 3 is 2.33 bits per heavy atom. The summed E-state index contributed by atoms with van der Waals surface area (Å²) in [7, 11) is 0. The number of anilines is 1. The lowest BCUT2D eigenvalue weighted by molar-refractivity contribution is -0.000433. The Bertz CT molecular complexity index is 1530. The summed E-state index contributed by atoms with van der Waals surface area (Å²) in [5.41, 5.74) is 2.60. The molecule has 5 rings (SSSR count). The van der Waals surface area contributed by atoms with Gasteiger partial charge in [0.05, 0.1) is 0 Å². The first-order valence-corrected chi connectivity index (χ1v) is 13.6. The summed E-state index contributed by atoms with van der Waals surface area (Å²) in [6.07, 6.45) is 2.46. The van der Waals surface area contributed by atoms with Crippen molar-refractivity contribution in [2.75, 3.05) is 5.32 Å². The minimum Gasteiger partial charge on any atom is -0.466 e. The highest BCUT2D eigenvalue weighted by Gasteiger charge is 2.41. The van der Waals surface area contributed by atoms with Crippen molar-refractivity contribution in [2.24, 2.45) is 5.41 Å². The van der Waals surface area contributed by atoms with Crippen molar-refractivity contribution in [3.63, 3.8) is 0 Å². The maximum Gasteiger partial charge on any atom is 0.215 e. The summed E-state index contributed by atoms with van der Waals surface area (Å²) in [5, 5.41) is 22.5. The summed E-state index contributed by atoms with van der Waals surface area (Å²) in [4.78, 5) is 4.19. The zero-order valence-corrected chi connectivity index (χ0v) is 24.1. The Balaban J connectivity index is 1.63. The SMILES string of the molecule is Cc1ccc(NC(c2cccc(Cl)c2)c2nnnn2C(C(Oc2ccc(Cl)cc2)n2cncn2)C(C)(C)C)cc1. The molecule has 3 atom stereocenters. The summed E-state index contributed by atoms with van der Waals surface area (Å²) in [6.45, 7) is 8.39. The normalized spacial score (nSPS) is 13.9. The van der Waals surface area contributed by atoms with Gasteiger partial charge in [0.15, 0.2) is 5.82 Å². The zero-order valence-electron chi connectivity index (χ0n) is 22.6. The van der Waals surface area contributed by atoms with Crippen LogP contribution >= 0.6 is 23.2 Å². The van der Waals surface area contributed by atoms with Gasteiger partial charge < -0.3 is 10.1 Å². The number of aromatic nitrogens is 7. The van der Waals surface area contributed by atoms with E-state index in [-0.39, 0.29) is 0 Å². The summed E-state index contributed by atoms with van der Waals surface area (Å²) < 4.78 is 10.1. The minimum absolute atomic E-state index is 0.393. The Morgan fingerprint density at radius 2 is 1.68 bits per heavy atom. The molecule has 0 saturated carbocycles. The van der Waals surface area contributed by atoms with Crippen LogP contribution in [0.15, 0.2) is 85.5 Å². The summed E-state index contributed by atoms with van der Waals surface area (Å²) in [6, 6.07) is 22.2. The van der Waals surface area contributed by atoms with Crippen LogP contribution in [-0.4, -0.2) is 35.0 Å². The van der Waals surface area contributed by atoms with Crippen molar-refractivity contribution in [1.29, 1.82) is 0 Å². The molecule has 0 fully saturated rings. The van der Waals surface area contributed by atoms with Crippen molar-refractivity contribution in [3.05, 3.63) is 112 Å². The molecule has 2 heterocycles. The lowest BCUT2D eigenvalue weighted by Gasteiger charge is -2.37. The first-order chi connectivity index (χ1) is 19.2. The highest BCUT2D eigenvalue weighted by Crippen LogP contribution is 2.42. The second-order valence-corrected chi connectivity index (χ2v) is 11.5. The molecule has 206 valence electrons. The average Bonchev–Trinajstić information content (AvgIpc) is 3.61. The smallest absolute Gasteiger partial charge is 0.215 e. The van der Waals surface area contributed by atoms with Gasteiger partial charge in [0.25, 0.3) is 0 Å². The molecule has 11 heteroatoms. The van der Waals surface area contributed by atoms with E-state index in [2.05, 4.69) is 70.8 Å². The third-order valence-corrected chi connectivity index (χ3v) is 7.00. The predicted octanol–water partition coefficient (Wildman–Crippen LogP) is 6.95. The van der Waals surface area contributed by atoms with E-state index >= 15 is 0 Å². The van der Waals surface area contributed by atoms with Crippen LogP contribution in [0.25, 0.3) is 0 Å². The van der Waals surface area contributed by atoms with Crippen LogP contribution < -0.4 is 10.1 Å². The lowest BCUT2D eigenvalue weighted by Crippen LogP contribution is -2.38. The first-order valence-electron chi connectivity index (χ1n) is 12.8. The molecular weight excluding hydrogens is 547 g/mol. The molecule has 9 nitrogen and oxygen atoms in total. The van der Waals surface area contributed by atoms with Crippen molar-refractivity contribution >= 4 is 28.9 Å². The van der Waals surface area contributed by atoms with Crippen LogP contribution in [0.5, 0.6) is 5.75 Å². The molecule has 2 aromatic heterocycles. The zero-order chi connectivity index (χ0) is 28.3. The number of nitrogens with one attached hydrogen (secondary N) is 1. The number of nitrogens with zero attached hydrogens (tertiary/aromatic N) is 7. The first kappa shape index (κ1) is 27.6. The fraction of sp³-hybridized carbons (Fsp3) is 0.276. The maximum atomic E-state index is 6.56. The van der Waals surface area contributed by atoms with Gasteiger partial charge in [-0.3, -0.25) is 0 Å². The van der Waals surface area contributed by atoms with Crippen LogP contribution in [0.4, 0.5) is 5.69 Å². The quantitative estimate of drug-likeness (QED) is 0.203. The molecule has 0 amide bonds. The van der Waals surface area contributed by atoms with Gasteiger partial charge in [-0.05, 0) is 76.9 Å². The number of hydrogen-bond donors (Lipinski definition) is 1. The van der Waals surface area contributed by atoms with Crippen LogP contribution in [0.2, 0.25) is 10.0 Å². The fourth-order valence-electron chi connectivity index (χ4n) is 4.57. The number of rotatable bonds is 9. The second-order valence-electron chi connectivity index (χ2n) is 10.6. The minimum atomic E-state index is -0.648. The van der Waals surface area contributed by atoms with Crippen LogP contribution in [0, 0.1) is 12.3 Å². The van der Waals surface area contributed by atoms with Gasteiger partial charge in [0.1, 0.15) is 30.5 Å². The number of tetrazole rings is 1. The van der Waals surface area contributed by atoms with E-state index in [4.69, 9.17) is 27.9 Å². The standard InChI is InChI=1S/C29H30Cl2N8O/c1-19-8-12-23(13-9-19)34-25(20-6-5-7-22(31)16-20)27-35-36-37-39(27)26(29(2,3)4)28(38-18-32-17-33-38)40-24-14-10-21(30)11-15-24/h5-18,25-26,28,34H,1-4H3. The number of ether oxygens (including phenoxy) is 1. The van der Waals surface area contributed by atoms with E-state index < -0.39 is 23.7 Å². The lowest BCUT2D eigenvalue weighted by atomic mass is 9.85. The molecule has 0 saturated heterocycles. The van der Waals surface area contributed by atoms with Gasteiger partial charge in [-0.2, -0.15) is 5.10 Å². The van der Waals surface area contributed by atoms with E-state index in [1.54, 1.807) is 23.1 Å². The molecule has 0 radical (unpaired) electrons. The molecule has 1 N–H and O–H groups in total. The highest BCUT2D eigenvalue weighted by molar-refractivity contribution is 6.30. The van der Waals surface area contributed by atoms with Gasteiger partial charge in [-0.15, -0.1) is 5.10 Å². The topological polar surface area (TPSA) is 95.6 Å². The second kappa shape index (κ2) is 11.7. The van der Waals surface area contributed by atoms with Gasteiger partial charge >= 0.3 is 0 Å². The average molecular weight is 578 g/mol. The highest BCUT2D eigenvalue weighted by atomic mass is 35.5. The molecule has 0 spiro atoms. The Morgan fingerprint density at radius 1 is 0.925 bits per heavy atom. The Kier molecular flexibility index (Phi) is 8.04. The van der Waals surface area contributed by atoms with E-state index in [9.17, 15) is 0 Å². The van der Waals surface area contributed by atoms with Crippen LogP contribution in [0.3, 0.4) is 0 Å². The fourth-order valence-corrected chi connectivity index (χ4v) is 4.89. The largest absolute Gasteiger partial charge is 0.466 e. The van der Waals surface area contributed by atoms with Crippen LogP contribution in [0.1, 0.15) is 56.0 Å². The molecule has 0 aliphatic carbocycles. The number of hydrogen-bond acceptors (Lipinski definition) is 7. The Labute approximate surface area is 243 Å². The summed E-state index contributed by atoms with van der Waals surface area (Å²) >= 11 is 12.6. The van der Waals surface area contributed by atoms with Gasteiger partial charge in [-0.1, -0.05) is 73.8 Å². The maximum absolute atomic E-state index is 6.56. The van der Waals surface area contributed by atoms with Crippen molar-refractivity contribution in [2.45, 2.75) is 46.0 Å². The van der Waals surface area contributed by atoms with E-state index in [1.165, 1.54) is 6.33 Å². The van der Waals surface area contributed by atoms with Crippen LogP contribution in [-0.2, 0) is 0 Å². The van der Waals surface area contributed by atoms with E-state index in [1.807, 2.05) is 53.2 Å². The molecule has 3 aromatic carbocycles. The molecule has 3 unspecified atom stereocenters. The monoisotopic (exact) mass is 576 g/mol. The van der Waals surface area contributed by atoms with Gasteiger partial charge in [-0.25, -0.2) is 14.3 Å². The van der Waals surface area contributed by atoms with E-state index in [0.29, 0.717) is 21.6 Å². The Hall–Kier alpha value is -3.95. The van der Waals surface area contributed by atoms with Crippen molar-refractivity contribution in [1.82, 2.24) is 35.0 Å². The molecule has 5 aromatic rings. The number of aryl methyl sites for hydroxylation is 1. The molecule has 0 aliphatic rings. The molecule has 40 heavy (non-hydrogen) atoms. The summed E-state index contributed by atoms with van der Waals surface area (Å²) in [5.74, 6) is 1.21. The predicted molar refractivity (Wildman–Crippen MR) is 156 cm³/mol. The van der Waals surface area contributed by atoms with Crippen molar-refractivity contribution in [3.8, 4) is 5.75 Å².